The van der Waals surface area contributed by atoms with E-state index in [0.717, 1.165) is 27.6 Å². The predicted octanol–water partition coefficient (Wildman–Crippen LogP) is 12.7. The molecule has 2 aromatic heterocycles. The molecule has 240 valence electrons. The molecule has 1 aliphatic heterocycles. The second-order valence-corrected chi connectivity index (χ2v) is 13.7. The lowest BCUT2D eigenvalue weighted by molar-refractivity contribution is 0.668. The summed E-state index contributed by atoms with van der Waals surface area (Å²) in [7, 11) is 0. The van der Waals surface area contributed by atoms with E-state index in [1.807, 2.05) is 0 Å². The highest BCUT2D eigenvalue weighted by molar-refractivity contribution is 6.12. The number of rotatable bonds is 4. The Kier molecular flexibility index (Phi) is 6.08. The van der Waals surface area contributed by atoms with E-state index in [0.29, 0.717) is 5.92 Å². The fourth-order valence-corrected chi connectivity index (χ4v) is 8.57. The second-order valence-electron chi connectivity index (χ2n) is 13.7. The number of furan rings is 1. The van der Waals surface area contributed by atoms with Gasteiger partial charge in [-0.1, -0.05) is 115 Å². The van der Waals surface area contributed by atoms with E-state index in [1.54, 1.807) is 0 Å². The van der Waals surface area contributed by atoms with E-state index in [9.17, 15) is 0 Å². The highest BCUT2D eigenvalue weighted by Crippen LogP contribution is 2.48. The van der Waals surface area contributed by atoms with Gasteiger partial charge in [0.2, 0.25) is 0 Å². The van der Waals surface area contributed by atoms with Crippen LogP contribution in [0.4, 0.5) is 11.4 Å². The molecule has 2 atom stereocenters. The van der Waals surface area contributed by atoms with Crippen LogP contribution in [-0.4, -0.2) is 10.6 Å². The minimum atomic E-state index is 0.252. The van der Waals surface area contributed by atoms with Gasteiger partial charge in [-0.15, -0.1) is 0 Å². The first-order valence-corrected chi connectivity index (χ1v) is 17.7. The average molecular weight is 653 g/mol. The summed E-state index contributed by atoms with van der Waals surface area (Å²) in [5, 5.41) is 4.73. The molecular formula is C48H32N2O. The Bertz CT molecular complexity index is 2890. The minimum Gasteiger partial charge on any atom is -0.456 e. The molecule has 0 radical (unpaired) electrons. The molecule has 3 nitrogen and oxygen atoms in total. The van der Waals surface area contributed by atoms with E-state index < -0.39 is 0 Å². The summed E-state index contributed by atoms with van der Waals surface area (Å²) in [6, 6.07) is 57.4. The van der Waals surface area contributed by atoms with Gasteiger partial charge in [0, 0.05) is 44.5 Å². The van der Waals surface area contributed by atoms with Crippen LogP contribution in [0, 0.1) is 0 Å². The zero-order valence-electron chi connectivity index (χ0n) is 27.8. The molecule has 0 fully saturated rings. The van der Waals surface area contributed by atoms with Crippen molar-refractivity contribution in [3.05, 3.63) is 188 Å². The number of nitrogens with zero attached hydrogens (tertiary/aromatic N) is 2. The van der Waals surface area contributed by atoms with Crippen LogP contribution < -0.4 is 4.90 Å². The molecule has 7 aromatic carbocycles. The number of aromatic nitrogens is 1. The van der Waals surface area contributed by atoms with Gasteiger partial charge in [-0.25, -0.2) is 0 Å². The van der Waals surface area contributed by atoms with Crippen LogP contribution in [-0.2, 0) is 0 Å². The minimum absolute atomic E-state index is 0.252. The Balaban J connectivity index is 1.05. The Morgan fingerprint density at radius 1 is 0.431 bits per heavy atom. The largest absolute Gasteiger partial charge is 0.456 e. The number of allylic oxidation sites excluding steroid dienone is 2. The zero-order valence-corrected chi connectivity index (χ0v) is 27.8. The van der Waals surface area contributed by atoms with Crippen molar-refractivity contribution in [1.29, 1.82) is 0 Å². The predicted molar refractivity (Wildman–Crippen MR) is 212 cm³/mol. The van der Waals surface area contributed by atoms with Crippen molar-refractivity contribution in [2.45, 2.75) is 12.0 Å². The van der Waals surface area contributed by atoms with Crippen molar-refractivity contribution in [2.24, 2.45) is 0 Å². The first-order valence-electron chi connectivity index (χ1n) is 17.7. The van der Waals surface area contributed by atoms with E-state index in [1.165, 1.54) is 61.0 Å². The van der Waals surface area contributed by atoms with Crippen molar-refractivity contribution in [2.75, 3.05) is 4.90 Å². The molecule has 0 saturated heterocycles. The van der Waals surface area contributed by atoms with Crippen molar-refractivity contribution in [1.82, 2.24) is 4.57 Å². The zero-order chi connectivity index (χ0) is 33.5. The molecule has 9 aromatic rings. The van der Waals surface area contributed by atoms with Gasteiger partial charge >= 0.3 is 0 Å². The van der Waals surface area contributed by atoms with Crippen molar-refractivity contribution in [3.8, 4) is 27.9 Å². The lowest BCUT2D eigenvalue weighted by Crippen LogP contribution is -2.28. The topological polar surface area (TPSA) is 21.3 Å². The average Bonchev–Trinajstić information content (AvgIpc) is 3.85. The van der Waals surface area contributed by atoms with Crippen molar-refractivity contribution >= 4 is 55.1 Å². The van der Waals surface area contributed by atoms with Crippen LogP contribution in [0.25, 0.3) is 71.7 Å². The monoisotopic (exact) mass is 652 g/mol. The molecule has 0 N–H and O–H groups in total. The molecule has 1 aliphatic carbocycles. The molecule has 51 heavy (non-hydrogen) atoms. The SMILES string of the molecule is C1=CC2c3ccccc3N(c3ccc4oc5ccc(-n6c7ccccc7c7cc(-c8cccc(-c9ccccc9)c8)ccc76)cc5c4c3)C2C=C1. The van der Waals surface area contributed by atoms with E-state index in [4.69, 9.17) is 4.42 Å². The standard InChI is InChI=1S/C48H32N2O/c1-2-11-31(12-3-1)32-13-10-14-33(27-32)34-21-24-46-40(28-34)39-17-6-9-20-45(39)50(46)36-23-26-48-42(30-36)41-29-35(22-25-47(41)51-48)49-43-18-7-4-15-37(43)38-16-5-8-19-44(38)49/h1-30,37,43H. The van der Waals surface area contributed by atoms with Gasteiger partial charge in [-0.3, -0.25) is 0 Å². The fraction of sp³-hybridized carbons (Fsp3) is 0.0417. The molecule has 0 bridgehead atoms. The van der Waals surface area contributed by atoms with E-state index in [2.05, 4.69) is 191 Å². The molecule has 0 amide bonds. The smallest absolute Gasteiger partial charge is 0.135 e. The molecule has 0 saturated carbocycles. The molecule has 0 spiro atoms. The van der Waals surface area contributed by atoms with Crippen LogP contribution in [0.5, 0.6) is 0 Å². The van der Waals surface area contributed by atoms with Gasteiger partial charge in [0.25, 0.3) is 0 Å². The summed E-state index contributed by atoms with van der Waals surface area (Å²) < 4.78 is 8.85. The summed E-state index contributed by atoms with van der Waals surface area (Å²) in [4.78, 5) is 2.49. The molecule has 11 rings (SSSR count). The lowest BCUT2D eigenvalue weighted by Gasteiger charge is -2.28. The second kappa shape index (κ2) is 11.0. The lowest BCUT2D eigenvalue weighted by atomic mass is 9.91. The Morgan fingerprint density at radius 2 is 1.10 bits per heavy atom. The van der Waals surface area contributed by atoms with Crippen molar-refractivity contribution < 1.29 is 4.42 Å². The summed E-state index contributed by atoms with van der Waals surface area (Å²) in [6.45, 7) is 0. The molecule has 3 heterocycles. The highest BCUT2D eigenvalue weighted by atomic mass is 16.3. The Hall–Kier alpha value is -6.58. The van der Waals surface area contributed by atoms with Gasteiger partial charge < -0.3 is 13.9 Å². The fourth-order valence-electron chi connectivity index (χ4n) is 8.57. The third kappa shape index (κ3) is 4.31. The third-order valence-electron chi connectivity index (χ3n) is 10.9. The quantitative estimate of drug-likeness (QED) is 0.189. The van der Waals surface area contributed by atoms with Gasteiger partial charge in [0.1, 0.15) is 11.2 Å². The number of para-hydroxylation sites is 2. The van der Waals surface area contributed by atoms with Crippen LogP contribution >= 0.6 is 0 Å². The number of fused-ring (bicyclic) bond motifs is 9. The number of hydrogen-bond acceptors (Lipinski definition) is 2. The maximum atomic E-state index is 6.45. The number of benzene rings is 7. The van der Waals surface area contributed by atoms with Crippen LogP contribution in [0.15, 0.2) is 186 Å². The molecule has 2 unspecified atom stereocenters. The number of hydrogen-bond donors (Lipinski definition) is 0. The van der Waals surface area contributed by atoms with Gasteiger partial charge in [-0.05, 0) is 94.5 Å². The maximum Gasteiger partial charge on any atom is 0.135 e. The van der Waals surface area contributed by atoms with Gasteiger partial charge in [0.05, 0.1) is 17.1 Å². The van der Waals surface area contributed by atoms with Crippen LogP contribution in [0.3, 0.4) is 0 Å². The van der Waals surface area contributed by atoms with E-state index in [-0.39, 0.29) is 6.04 Å². The molecular weight excluding hydrogens is 621 g/mol. The van der Waals surface area contributed by atoms with Crippen LogP contribution in [0.1, 0.15) is 11.5 Å². The Morgan fingerprint density at radius 3 is 1.98 bits per heavy atom. The molecule has 3 heteroatoms. The van der Waals surface area contributed by atoms with Gasteiger partial charge in [0.15, 0.2) is 0 Å². The van der Waals surface area contributed by atoms with E-state index >= 15 is 0 Å². The molecule has 2 aliphatic rings. The summed E-state index contributed by atoms with van der Waals surface area (Å²) in [6.07, 6.45) is 9.01. The highest BCUT2D eigenvalue weighted by Gasteiger charge is 2.37. The Labute approximate surface area is 295 Å². The first-order chi connectivity index (χ1) is 25.3. The summed E-state index contributed by atoms with van der Waals surface area (Å²) >= 11 is 0. The maximum absolute atomic E-state index is 6.45. The summed E-state index contributed by atoms with van der Waals surface area (Å²) in [5.74, 6) is 0.346. The number of anilines is 2. The van der Waals surface area contributed by atoms with Crippen molar-refractivity contribution in [3.63, 3.8) is 0 Å². The summed E-state index contributed by atoms with van der Waals surface area (Å²) in [5.41, 5.74) is 14.0. The van der Waals surface area contributed by atoms with Crippen LogP contribution in [0.2, 0.25) is 0 Å². The first kappa shape index (κ1) is 28.3. The third-order valence-corrected chi connectivity index (χ3v) is 10.9. The normalized spacial score (nSPS) is 16.4. The van der Waals surface area contributed by atoms with Gasteiger partial charge in [-0.2, -0.15) is 0 Å².